The van der Waals surface area contributed by atoms with E-state index in [1.165, 1.54) is 18.2 Å². The highest BCUT2D eigenvalue weighted by Gasteiger charge is 2.27. The maximum atomic E-state index is 13.7. The van der Waals surface area contributed by atoms with Crippen molar-refractivity contribution in [3.8, 4) is 0 Å². The van der Waals surface area contributed by atoms with Crippen LogP contribution in [0.25, 0.3) is 0 Å². The molecule has 4 heteroatoms. The molecule has 1 aliphatic heterocycles. The Balaban J connectivity index is 2.31. The summed E-state index contributed by atoms with van der Waals surface area (Å²) in [7, 11) is 0. The van der Waals surface area contributed by atoms with Gasteiger partial charge in [0.25, 0.3) is 0 Å². The summed E-state index contributed by atoms with van der Waals surface area (Å²) in [5, 5.41) is 9.07. The molecule has 1 saturated heterocycles. The first-order valence-electron chi connectivity index (χ1n) is 6.03. The molecule has 1 aliphatic rings. The Hall–Kier alpha value is -1.00. The molecule has 1 aromatic carbocycles. The lowest BCUT2D eigenvalue weighted by molar-refractivity contribution is 0.178. The van der Waals surface area contributed by atoms with Gasteiger partial charge in [0.05, 0.1) is 0 Å². The monoisotopic (exact) mass is 241 g/mol. The van der Waals surface area contributed by atoms with Crippen LogP contribution >= 0.6 is 0 Å². The van der Waals surface area contributed by atoms with Gasteiger partial charge in [-0.15, -0.1) is 0 Å². The van der Waals surface area contributed by atoms with E-state index in [-0.39, 0.29) is 18.2 Å². The van der Waals surface area contributed by atoms with E-state index in [9.17, 15) is 8.78 Å². The summed E-state index contributed by atoms with van der Waals surface area (Å²) < 4.78 is 27.5. The highest BCUT2D eigenvalue weighted by molar-refractivity contribution is 5.23. The maximum absolute atomic E-state index is 13.7. The highest BCUT2D eigenvalue weighted by atomic mass is 19.1. The van der Waals surface area contributed by atoms with Crippen LogP contribution in [0.5, 0.6) is 0 Å². The summed E-state index contributed by atoms with van der Waals surface area (Å²) >= 11 is 0. The molecule has 1 unspecified atom stereocenters. The fourth-order valence-electron chi connectivity index (χ4n) is 2.51. The van der Waals surface area contributed by atoms with Crippen molar-refractivity contribution in [2.45, 2.75) is 25.3 Å². The Kier molecular flexibility index (Phi) is 4.07. The number of halogens is 2. The molecule has 1 atom stereocenters. The van der Waals surface area contributed by atoms with Crippen LogP contribution in [0.2, 0.25) is 0 Å². The molecule has 1 aromatic rings. The van der Waals surface area contributed by atoms with Crippen molar-refractivity contribution >= 4 is 0 Å². The van der Waals surface area contributed by atoms with Crippen LogP contribution in [0.1, 0.15) is 30.9 Å². The quantitative estimate of drug-likeness (QED) is 0.875. The molecule has 0 aromatic heterocycles. The number of nitrogens with zero attached hydrogens (tertiary/aromatic N) is 1. The van der Waals surface area contributed by atoms with Crippen LogP contribution in [0.4, 0.5) is 8.78 Å². The zero-order chi connectivity index (χ0) is 12.3. The molecular formula is C13H17F2NO. The van der Waals surface area contributed by atoms with E-state index in [1.807, 2.05) is 0 Å². The Labute approximate surface area is 99.9 Å². The van der Waals surface area contributed by atoms with Crippen molar-refractivity contribution in [2.24, 2.45) is 0 Å². The van der Waals surface area contributed by atoms with Crippen molar-refractivity contribution < 1.29 is 13.9 Å². The van der Waals surface area contributed by atoms with E-state index >= 15 is 0 Å². The van der Waals surface area contributed by atoms with E-state index in [1.54, 1.807) is 0 Å². The first-order valence-corrected chi connectivity index (χ1v) is 6.03. The predicted octanol–water partition coefficient (Wildman–Crippen LogP) is 2.48. The summed E-state index contributed by atoms with van der Waals surface area (Å²) in [6.07, 6.45) is 2.48. The van der Waals surface area contributed by atoms with Gasteiger partial charge in [-0.25, -0.2) is 8.78 Å². The number of aliphatic hydroxyl groups is 1. The molecule has 0 aliphatic carbocycles. The van der Waals surface area contributed by atoms with E-state index in [2.05, 4.69) is 4.90 Å². The van der Waals surface area contributed by atoms with Gasteiger partial charge in [-0.2, -0.15) is 0 Å². The number of aliphatic hydroxyl groups excluding tert-OH is 1. The van der Waals surface area contributed by atoms with Crippen LogP contribution in [-0.2, 0) is 0 Å². The predicted molar refractivity (Wildman–Crippen MR) is 61.6 cm³/mol. The van der Waals surface area contributed by atoms with Crippen LogP contribution < -0.4 is 0 Å². The summed E-state index contributed by atoms with van der Waals surface area (Å²) in [6.45, 7) is 1.63. The minimum Gasteiger partial charge on any atom is -0.396 e. The van der Waals surface area contributed by atoms with Gasteiger partial charge in [0.2, 0.25) is 0 Å². The van der Waals surface area contributed by atoms with Crippen LogP contribution in [0.3, 0.4) is 0 Å². The molecule has 0 saturated carbocycles. The van der Waals surface area contributed by atoms with E-state index in [4.69, 9.17) is 5.11 Å². The molecule has 2 rings (SSSR count). The average molecular weight is 241 g/mol. The average Bonchev–Trinajstić information content (AvgIpc) is 2.80. The molecular weight excluding hydrogens is 224 g/mol. The van der Waals surface area contributed by atoms with Crippen molar-refractivity contribution in [1.29, 1.82) is 0 Å². The molecule has 94 valence electrons. The van der Waals surface area contributed by atoms with Gasteiger partial charge in [0, 0.05) is 18.2 Å². The first kappa shape index (κ1) is 12.5. The van der Waals surface area contributed by atoms with E-state index in [0.717, 1.165) is 25.9 Å². The standard InChI is InChI=1S/C13H17F2NO/c14-10-4-3-5-11(15)13(10)12(6-9-17)16-7-1-2-8-16/h3-5,12,17H,1-2,6-9H2. The molecule has 0 radical (unpaired) electrons. The number of hydrogen-bond acceptors (Lipinski definition) is 2. The van der Waals surface area contributed by atoms with Crippen molar-refractivity contribution in [3.05, 3.63) is 35.4 Å². The zero-order valence-electron chi connectivity index (χ0n) is 9.70. The summed E-state index contributed by atoms with van der Waals surface area (Å²) in [4.78, 5) is 2.05. The Bertz CT molecular complexity index is 357. The zero-order valence-corrected chi connectivity index (χ0v) is 9.70. The third-order valence-corrected chi connectivity index (χ3v) is 3.32. The van der Waals surface area contributed by atoms with Crippen LogP contribution in [0, 0.1) is 11.6 Å². The fourth-order valence-corrected chi connectivity index (χ4v) is 2.51. The smallest absolute Gasteiger partial charge is 0.130 e. The summed E-state index contributed by atoms with van der Waals surface area (Å²) in [5.41, 5.74) is 0.100. The van der Waals surface area contributed by atoms with Gasteiger partial charge < -0.3 is 5.11 Å². The molecule has 0 spiro atoms. The second kappa shape index (κ2) is 5.56. The molecule has 1 fully saturated rings. The Morgan fingerprint density at radius 1 is 1.18 bits per heavy atom. The van der Waals surface area contributed by atoms with Gasteiger partial charge in [0.1, 0.15) is 11.6 Å². The normalized spacial score (nSPS) is 18.5. The first-order chi connectivity index (χ1) is 8.24. The number of hydrogen-bond donors (Lipinski definition) is 1. The fraction of sp³-hybridized carbons (Fsp3) is 0.538. The second-order valence-electron chi connectivity index (χ2n) is 4.41. The second-order valence-corrected chi connectivity index (χ2v) is 4.41. The maximum Gasteiger partial charge on any atom is 0.130 e. The van der Waals surface area contributed by atoms with Gasteiger partial charge in [-0.3, -0.25) is 4.90 Å². The minimum absolute atomic E-state index is 0.0606. The van der Waals surface area contributed by atoms with Crippen LogP contribution in [0.15, 0.2) is 18.2 Å². The van der Waals surface area contributed by atoms with E-state index < -0.39 is 11.6 Å². The lowest BCUT2D eigenvalue weighted by atomic mass is 10.0. The Morgan fingerprint density at radius 3 is 2.29 bits per heavy atom. The lowest BCUT2D eigenvalue weighted by Gasteiger charge is -2.27. The molecule has 2 nitrogen and oxygen atoms in total. The van der Waals surface area contributed by atoms with Gasteiger partial charge in [0.15, 0.2) is 0 Å². The topological polar surface area (TPSA) is 23.5 Å². The number of benzene rings is 1. The number of rotatable bonds is 4. The minimum atomic E-state index is -0.518. The third-order valence-electron chi connectivity index (χ3n) is 3.32. The highest BCUT2D eigenvalue weighted by Crippen LogP contribution is 2.31. The molecule has 1 N–H and O–H groups in total. The largest absolute Gasteiger partial charge is 0.396 e. The molecule has 17 heavy (non-hydrogen) atoms. The molecule has 1 heterocycles. The van der Waals surface area contributed by atoms with Gasteiger partial charge >= 0.3 is 0 Å². The third kappa shape index (κ3) is 2.64. The van der Waals surface area contributed by atoms with Crippen molar-refractivity contribution in [2.75, 3.05) is 19.7 Å². The van der Waals surface area contributed by atoms with Crippen LogP contribution in [-0.4, -0.2) is 29.7 Å². The number of likely N-dealkylation sites (tertiary alicyclic amines) is 1. The van der Waals surface area contributed by atoms with E-state index in [0.29, 0.717) is 6.42 Å². The summed E-state index contributed by atoms with van der Waals surface area (Å²) in [6, 6.07) is 3.58. The van der Waals surface area contributed by atoms with Crippen molar-refractivity contribution in [1.82, 2.24) is 4.90 Å². The SMILES string of the molecule is OCCC(c1c(F)cccc1F)N1CCCC1. The summed E-state index contributed by atoms with van der Waals surface area (Å²) in [5.74, 6) is -1.04. The molecule has 0 amide bonds. The van der Waals surface area contributed by atoms with Crippen molar-refractivity contribution in [3.63, 3.8) is 0 Å². The lowest BCUT2D eigenvalue weighted by Crippen LogP contribution is -2.28. The van der Waals surface area contributed by atoms with Gasteiger partial charge in [-0.1, -0.05) is 6.07 Å². The van der Waals surface area contributed by atoms with Gasteiger partial charge in [-0.05, 0) is 44.5 Å². The molecule has 0 bridgehead atoms. The Morgan fingerprint density at radius 2 is 1.76 bits per heavy atom.